The van der Waals surface area contributed by atoms with Crippen LogP contribution in [0.15, 0.2) is 23.3 Å². The highest BCUT2D eigenvalue weighted by molar-refractivity contribution is 5.82. The van der Waals surface area contributed by atoms with E-state index in [0.717, 1.165) is 51.9 Å². The predicted molar refractivity (Wildman–Crippen MR) is 114 cm³/mol. The van der Waals surface area contributed by atoms with Gasteiger partial charge in [-0.1, -0.05) is 0 Å². The van der Waals surface area contributed by atoms with Crippen LogP contribution in [-0.4, -0.2) is 59.4 Å². The quantitative estimate of drug-likeness (QED) is 0.415. The summed E-state index contributed by atoms with van der Waals surface area (Å²) in [7, 11) is 1.40. The molecule has 0 spiro atoms. The second-order valence-electron chi connectivity index (χ2n) is 7.21. The standard InChI is InChI=1S/C19H24N8O3/c1-30-16-7-6-14(12-15(16)27(28)29)13-20-24-17-21-18(25-8-2-3-9-25)23-19(22-17)26-10-4-5-11-26/h6-7,12-13H,2-5,8-11H2,1H3,(H,21,22,23,24). The minimum absolute atomic E-state index is 0.116. The first-order valence-corrected chi connectivity index (χ1v) is 10.0. The van der Waals surface area contributed by atoms with Gasteiger partial charge in [0.25, 0.3) is 0 Å². The van der Waals surface area contributed by atoms with Crippen molar-refractivity contribution in [1.82, 2.24) is 15.0 Å². The normalized spacial score (nSPS) is 16.4. The molecule has 0 atom stereocenters. The Morgan fingerprint density at radius 3 is 2.20 bits per heavy atom. The molecule has 3 heterocycles. The van der Waals surface area contributed by atoms with Gasteiger partial charge in [-0.3, -0.25) is 10.1 Å². The van der Waals surface area contributed by atoms with Crippen molar-refractivity contribution < 1.29 is 9.66 Å². The topological polar surface area (TPSA) is 122 Å². The van der Waals surface area contributed by atoms with Crippen LogP contribution < -0.4 is 20.0 Å². The molecule has 11 nitrogen and oxygen atoms in total. The fraction of sp³-hybridized carbons (Fsp3) is 0.474. The summed E-state index contributed by atoms with van der Waals surface area (Å²) in [5, 5.41) is 15.4. The van der Waals surface area contributed by atoms with Crippen LogP contribution in [0.2, 0.25) is 0 Å². The number of benzene rings is 1. The third kappa shape index (κ3) is 4.39. The number of ether oxygens (including phenoxy) is 1. The van der Waals surface area contributed by atoms with Crippen molar-refractivity contribution in [3.8, 4) is 5.75 Å². The van der Waals surface area contributed by atoms with Gasteiger partial charge in [-0.2, -0.15) is 20.1 Å². The van der Waals surface area contributed by atoms with Crippen molar-refractivity contribution in [2.24, 2.45) is 5.10 Å². The van der Waals surface area contributed by atoms with Gasteiger partial charge in [-0.05, 0) is 37.8 Å². The number of hydrogen-bond acceptors (Lipinski definition) is 10. The molecule has 2 aliphatic rings. The highest BCUT2D eigenvalue weighted by Crippen LogP contribution is 2.27. The molecule has 158 valence electrons. The van der Waals surface area contributed by atoms with E-state index in [0.29, 0.717) is 23.4 Å². The first-order valence-electron chi connectivity index (χ1n) is 10.0. The van der Waals surface area contributed by atoms with Crippen LogP contribution in [0.3, 0.4) is 0 Å². The molecule has 11 heteroatoms. The largest absolute Gasteiger partial charge is 0.490 e. The van der Waals surface area contributed by atoms with Gasteiger partial charge in [-0.15, -0.1) is 0 Å². The molecule has 1 aromatic heterocycles. The number of rotatable bonds is 7. The number of anilines is 3. The van der Waals surface area contributed by atoms with E-state index in [4.69, 9.17) is 4.74 Å². The zero-order chi connectivity index (χ0) is 20.9. The molecule has 30 heavy (non-hydrogen) atoms. The van der Waals surface area contributed by atoms with Crippen LogP contribution in [-0.2, 0) is 0 Å². The Morgan fingerprint density at radius 1 is 1.07 bits per heavy atom. The van der Waals surface area contributed by atoms with E-state index < -0.39 is 4.92 Å². The molecule has 0 amide bonds. The van der Waals surface area contributed by atoms with E-state index in [9.17, 15) is 10.1 Å². The molecule has 0 saturated carbocycles. The number of nitro benzene ring substituents is 1. The van der Waals surface area contributed by atoms with E-state index >= 15 is 0 Å². The molecule has 2 aromatic rings. The Hall–Kier alpha value is -3.50. The van der Waals surface area contributed by atoms with Crippen LogP contribution in [0, 0.1) is 10.1 Å². The lowest BCUT2D eigenvalue weighted by Crippen LogP contribution is -2.25. The second-order valence-corrected chi connectivity index (χ2v) is 7.21. The van der Waals surface area contributed by atoms with Crippen molar-refractivity contribution in [2.45, 2.75) is 25.7 Å². The summed E-state index contributed by atoms with van der Waals surface area (Å²) in [6.07, 6.45) is 5.99. The maximum absolute atomic E-state index is 11.2. The highest BCUT2D eigenvalue weighted by Gasteiger charge is 2.21. The molecular formula is C19H24N8O3. The Bertz CT molecular complexity index is 905. The minimum atomic E-state index is -0.486. The summed E-state index contributed by atoms with van der Waals surface area (Å²) < 4.78 is 5.02. The van der Waals surface area contributed by atoms with Crippen molar-refractivity contribution in [1.29, 1.82) is 0 Å². The van der Waals surface area contributed by atoms with E-state index in [1.807, 2.05) is 0 Å². The summed E-state index contributed by atoms with van der Waals surface area (Å²) in [5.74, 6) is 1.87. The molecule has 2 fully saturated rings. The molecule has 2 saturated heterocycles. The summed E-state index contributed by atoms with van der Waals surface area (Å²) in [5.41, 5.74) is 3.29. The maximum atomic E-state index is 11.2. The minimum Gasteiger partial charge on any atom is -0.490 e. The molecule has 0 aliphatic carbocycles. The fourth-order valence-corrected chi connectivity index (χ4v) is 3.62. The molecule has 1 N–H and O–H groups in total. The van der Waals surface area contributed by atoms with Crippen LogP contribution >= 0.6 is 0 Å². The summed E-state index contributed by atoms with van der Waals surface area (Å²) >= 11 is 0. The maximum Gasteiger partial charge on any atom is 0.311 e. The first-order chi connectivity index (χ1) is 14.6. The van der Waals surface area contributed by atoms with Gasteiger partial charge in [0, 0.05) is 37.8 Å². The lowest BCUT2D eigenvalue weighted by atomic mass is 10.2. The van der Waals surface area contributed by atoms with E-state index in [-0.39, 0.29) is 11.4 Å². The first kappa shape index (κ1) is 19.8. The zero-order valence-corrected chi connectivity index (χ0v) is 16.8. The van der Waals surface area contributed by atoms with Gasteiger partial charge in [-0.25, -0.2) is 5.43 Å². The molecule has 0 bridgehead atoms. The van der Waals surface area contributed by atoms with Crippen LogP contribution in [0.4, 0.5) is 23.5 Å². The average molecular weight is 412 g/mol. The lowest BCUT2D eigenvalue weighted by Gasteiger charge is -2.20. The van der Waals surface area contributed by atoms with Crippen molar-refractivity contribution in [3.05, 3.63) is 33.9 Å². The summed E-state index contributed by atoms with van der Waals surface area (Å²) in [6.45, 7) is 3.73. The number of nitro groups is 1. The van der Waals surface area contributed by atoms with Gasteiger partial charge in [0.2, 0.25) is 17.8 Å². The van der Waals surface area contributed by atoms with E-state index in [1.54, 1.807) is 12.1 Å². The zero-order valence-electron chi connectivity index (χ0n) is 16.8. The predicted octanol–water partition coefficient (Wildman–Crippen LogP) is 2.43. The monoisotopic (exact) mass is 412 g/mol. The highest BCUT2D eigenvalue weighted by atomic mass is 16.6. The fourth-order valence-electron chi connectivity index (χ4n) is 3.62. The molecule has 2 aliphatic heterocycles. The molecule has 0 radical (unpaired) electrons. The van der Waals surface area contributed by atoms with Crippen LogP contribution in [0.5, 0.6) is 5.75 Å². The Kier molecular flexibility index (Phi) is 5.87. The van der Waals surface area contributed by atoms with Crippen LogP contribution in [0.1, 0.15) is 31.2 Å². The third-order valence-electron chi connectivity index (χ3n) is 5.17. The SMILES string of the molecule is COc1ccc(C=NNc2nc(N3CCCC3)nc(N3CCCC3)n2)cc1[N+](=O)[O-]. The van der Waals surface area contributed by atoms with E-state index in [1.165, 1.54) is 19.4 Å². The summed E-state index contributed by atoms with van der Waals surface area (Å²) in [6, 6.07) is 4.64. The van der Waals surface area contributed by atoms with Gasteiger partial charge in [0.05, 0.1) is 18.2 Å². The number of aromatic nitrogens is 3. The summed E-state index contributed by atoms with van der Waals surface area (Å²) in [4.78, 5) is 28.7. The van der Waals surface area contributed by atoms with Crippen LogP contribution in [0.25, 0.3) is 0 Å². The van der Waals surface area contributed by atoms with Crippen molar-refractivity contribution in [3.63, 3.8) is 0 Å². The average Bonchev–Trinajstić information content (AvgIpc) is 3.47. The van der Waals surface area contributed by atoms with Crippen molar-refractivity contribution >= 4 is 29.7 Å². The molecule has 0 unspecified atom stereocenters. The molecular weight excluding hydrogens is 388 g/mol. The van der Waals surface area contributed by atoms with Crippen molar-refractivity contribution in [2.75, 3.05) is 48.5 Å². The third-order valence-corrected chi connectivity index (χ3v) is 5.17. The number of hydrazone groups is 1. The Balaban J connectivity index is 1.54. The molecule has 4 rings (SSSR count). The Morgan fingerprint density at radius 2 is 1.67 bits per heavy atom. The number of methoxy groups -OCH3 is 1. The number of nitrogens with one attached hydrogen (secondary N) is 1. The Labute approximate surface area is 173 Å². The number of nitrogens with zero attached hydrogens (tertiary/aromatic N) is 7. The van der Waals surface area contributed by atoms with Gasteiger partial charge >= 0.3 is 5.69 Å². The number of hydrogen-bond donors (Lipinski definition) is 1. The molecule has 1 aromatic carbocycles. The smallest absolute Gasteiger partial charge is 0.311 e. The second kappa shape index (κ2) is 8.89. The lowest BCUT2D eigenvalue weighted by molar-refractivity contribution is -0.385. The van der Waals surface area contributed by atoms with Gasteiger partial charge < -0.3 is 14.5 Å². The van der Waals surface area contributed by atoms with Gasteiger partial charge in [0.1, 0.15) is 0 Å². The van der Waals surface area contributed by atoms with E-state index in [2.05, 4.69) is 35.3 Å². The van der Waals surface area contributed by atoms with Gasteiger partial charge in [0.15, 0.2) is 5.75 Å².